The molecule has 0 saturated heterocycles. The van der Waals surface area contributed by atoms with Gasteiger partial charge in [0.05, 0.1) is 13.1 Å². The summed E-state index contributed by atoms with van der Waals surface area (Å²) < 4.78 is 5.75. The van der Waals surface area contributed by atoms with E-state index >= 15 is 0 Å². The van der Waals surface area contributed by atoms with Crippen LogP contribution in [0.3, 0.4) is 0 Å². The van der Waals surface area contributed by atoms with Crippen molar-refractivity contribution in [3.63, 3.8) is 0 Å². The quantitative estimate of drug-likeness (QED) is 0.235. The Kier molecular flexibility index (Phi) is 11.3. The van der Waals surface area contributed by atoms with Gasteiger partial charge in [-0.15, -0.1) is 0 Å². The highest BCUT2D eigenvalue weighted by Crippen LogP contribution is 2.31. The molecule has 1 aliphatic carbocycles. The molecule has 0 unspecified atom stereocenters. The molecule has 5 rings (SSSR count). The minimum absolute atomic E-state index is 0.0384. The summed E-state index contributed by atoms with van der Waals surface area (Å²) in [7, 11) is 3.76. The van der Waals surface area contributed by atoms with Gasteiger partial charge in [-0.25, -0.2) is 0 Å². The van der Waals surface area contributed by atoms with Crippen LogP contribution >= 0.6 is 0 Å². The molecule has 1 saturated carbocycles. The van der Waals surface area contributed by atoms with E-state index in [1.807, 2.05) is 60.0 Å². The molecule has 2 aliphatic rings. The number of aryl methyl sites for hydroxylation is 1. The summed E-state index contributed by atoms with van der Waals surface area (Å²) in [5.41, 5.74) is 4.70. The van der Waals surface area contributed by atoms with Crippen molar-refractivity contribution in [2.75, 3.05) is 59.9 Å². The number of carbonyl (C=O) groups is 3. The Morgan fingerprint density at radius 3 is 2.43 bits per heavy atom. The maximum absolute atomic E-state index is 13.9. The van der Waals surface area contributed by atoms with Crippen LogP contribution in [0, 0.1) is 12.8 Å². The van der Waals surface area contributed by atoms with Crippen molar-refractivity contribution in [1.82, 2.24) is 19.6 Å². The Morgan fingerprint density at radius 2 is 1.72 bits per heavy atom. The zero-order chi connectivity index (χ0) is 33.5. The fourth-order valence-corrected chi connectivity index (χ4v) is 6.13. The SMILES string of the molecule is C=C(CCN(CCC)C(=O)C1CC1)CN1C(=O)CCCN(C(=O)CN(C)C)CCN=C1c1ccc(-c2ccc3oc(C)cc3c2)cc1. The van der Waals surface area contributed by atoms with Crippen molar-refractivity contribution in [3.8, 4) is 11.1 Å². The smallest absolute Gasteiger partial charge is 0.236 e. The lowest BCUT2D eigenvalue weighted by Gasteiger charge is -2.30. The van der Waals surface area contributed by atoms with Crippen LogP contribution in [0.4, 0.5) is 0 Å². The zero-order valence-corrected chi connectivity index (χ0v) is 28.5. The highest BCUT2D eigenvalue weighted by atomic mass is 16.3. The molecule has 9 heteroatoms. The molecule has 0 bridgehead atoms. The van der Waals surface area contributed by atoms with Gasteiger partial charge in [-0.1, -0.05) is 49.4 Å². The van der Waals surface area contributed by atoms with Crippen molar-refractivity contribution in [3.05, 3.63) is 72.0 Å². The van der Waals surface area contributed by atoms with Crippen LogP contribution in [-0.4, -0.2) is 103 Å². The molecule has 2 heterocycles. The van der Waals surface area contributed by atoms with E-state index in [0.29, 0.717) is 64.4 Å². The Hall–Kier alpha value is -4.24. The average molecular weight is 640 g/mol. The van der Waals surface area contributed by atoms with Crippen molar-refractivity contribution in [2.45, 2.75) is 52.4 Å². The van der Waals surface area contributed by atoms with E-state index in [0.717, 1.165) is 64.8 Å². The normalized spacial score (nSPS) is 16.0. The van der Waals surface area contributed by atoms with E-state index < -0.39 is 0 Å². The number of amides is 3. The predicted molar refractivity (Wildman–Crippen MR) is 187 cm³/mol. The summed E-state index contributed by atoms with van der Waals surface area (Å²) >= 11 is 0. The van der Waals surface area contributed by atoms with E-state index in [1.54, 1.807) is 4.90 Å². The van der Waals surface area contributed by atoms with Gasteiger partial charge in [0.15, 0.2) is 0 Å². The van der Waals surface area contributed by atoms with E-state index in [-0.39, 0.29) is 23.6 Å². The van der Waals surface area contributed by atoms with Crippen LogP contribution in [0.1, 0.15) is 56.8 Å². The molecule has 1 aliphatic heterocycles. The van der Waals surface area contributed by atoms with Crippen LogP contribution in [0.5, 0.6) is 0 Å². The average Bonchev–Trinajstić information content (AvgIpc) is 3.83. The largest absolute Gasteiger partial charge is 0.461 e. The third-order valence-electron chi connectivity index (χ3n) is 8.78. The summed E-state index contributed by atoms with van der Waals surface area (Å²) in [5.74, 6) is 1.88. The molecule has 0 N–H and O–H groups in total. The van der Waals surface area contributed by atoms with Gasteiger partial charge < -0.3 is 19.1 Å². The van der Waals surface area contributed by atoms with E-state index in [1.165, 1.54) is 0 Å². The second kappa shape index (κ2) is 15.6. The van der Waals surface area contributed by atoms with Crippen LogP contribution in [-0.2, 0) is 14.4 Å². The van der Waals surface area contributed by atoms with Gasteiger partial charge in [-0.2, -0.15) is 0 Å². The lowest BCUT2D eigenvalue weighted by atomic mass is 10.0. The first-order chi connectivity index (χ1) is 22.6. The number of rotatable bonds is 12. The summed E-state index contributed by atoms with van der Waals surface area (Å²) in [6.07, 6.45) is 4.36. The van der Waals surface area contributed by atoms with E-state index in [4.69, 9.17) is 9.41 Å². The molecular weight excluding hydrogens is 590 g/mol. The maximum Gasteiger partial charge on any atom is 0.236 e. The van der Waals surface area contributed by atoms with Crippen molar-refractivity contribution in [1.29, 1.82) is 0 Å². The number of likely N-dealkylation sites (N-methyl/N-ethyl adjacent to an activating group) is 1. The summed E-state index contributed by atoms with van der Waals surface area (Å²) in [6.45, 7) is 11.8. The number of nitrogens with zero attached hydrogens (tertiary/aromatic N) is 5. The molecule has 0 atom stereocenters. The standard InChI is InChI=1S/C38H49N5O4/c1-6-19-42(38(46)31-13-14-31)21-17-27(2)25-43-35(44)8-7-20-41(36(45)26-40(4)5)22-18-39-37(43)30-11-9-29(10-12-30)32-15-16-34-33(24-32)23-28(3)47-34/h9-12,15-16,23-24,31H,2,6-8,13-14,17-22,25-26H2,1,3-5H3. The number of amidine groups is 1. The third-order valence-corrected chi connectivity index (χ3v) is 8.78. The molecule has 47 heavy (non-hydrogen) atoms. The zero-order valence-electron chi connectivity index (χ0n) is 28.5. The Balaban J connectivity index is 1.39. The number of carbonyl (C=O) groups excluding carboxylic acids is 3. The highest BCUT2D eigenvalue weighted by Gasteiger charge is 2.33. The molecule has 250 valence electrons. The molecular formula is C38H49N5O4. The number of hydrogen-bond donors (Lipinski definition) is 0. The Bertz CT molecular complexity index is 1620. The van der Waals surface area contributed by atoms with Gasteiger partial charge in [-0.05, 0) is 82.4 Å². The molecule has 9 nitrogen and oxygen atoms in total. The fraction of sp³-hybridized carbons (Fsp3) is 0.474. The Labute approximate surface area is 278 Å². The van der Waals surface area contributed by atoms with Gasteiger partial charge in [0.2, 0.25) is 17.7 Å². The van der Waals surface area contributed by atoms with Crippen molar-refractivity contribution >= 4 is 34.5 Å². The second-order valence-electron chi connectivity index (χ2n) is 13.2. The fourth-order valence-electron chi connectivity index (χ4n) is 6.13. The van der Waals surface area contributed by atoms with Crippen molar-refractivity contribution < 1.29 is 18.8 Å². The summed E-state index contributed by atoms with van der Waals surface area (Å²) in [4.78, 5) is 52.1. The van der Waals surface area contributed by atoms with E-state index in [2.05, 4.69) is 37.8 Å². The van der Waals surface area contributed by atoms with Gasteiger partial charge in [0.25, 0.3) is 0 Å². The first-order valence-corrected chi connectivity index (χ1v) is 17.0. The molecule has 3 aromatic rings. The predicted octanol–water partition coefficient (Wildman–Crippen LogP) is 5.76. The summed E-state index contributed by atoms with van der Waals surface area (Å²) in [6, 6.07) is 16.3. The third kappa shape index (κ3) is 8.98. The topological polar surface area (TPSA) is 89.7 Å². The molecule has 2 aromatic carbocycles. The van der Waals surface area contributed by atoms with Gasteiger partial charge in [0, 0.05) is 56.0 Å². The van der Waals surface area contributed by atoms with Gasteiger partial charge in [-0.3, -0.25) is 24.3 Å². The maximum atomic E-state index is 13.9. The van der Waals surface area contributed by atoms with Crippen LogP contribution in [0.2, 0.25) is 0 Å². The molecule has 1 fully saturated rings. The minimum atomic E-state index is -0.0452. The number of aliphatic imine (C=N–C) groups is 1. The molecule has 0 radical (unpaired) electrons. The molecule has 1 aromatic heterocycles. The van der Waals surface area contributed by atoms with Crippen molar-refractivity contribution in [2.24, 2.45) is 10.9 Å². The number of fused-ring (bicyclic) bond motifs is 1. The summed E-state index contributed by atoms with van der Waals surface area (Å²) in [5, 5.41) is 1.06. The van der Waals surface area contributed by atoms with Gasteiger partial charge in [0.1, 0.15) is 17.2 Å². The Morgan fingerprint density at radius 1 is 1.00 bits per heavy atom. The molecule has 0 spiro atoms. The minimum Gasteiger partial charge on any atom is -0.461 e. The first-order valence-electron chi connectivity index (χ1n) is 17.0. The lowest BCUT2D eigenvalue weighted by molar-refractivity contribution is -0.133. The van der Waals surface area contributed by atoms with Crippen LogP contribution < -0.4 is 0 Å². The lowest BCUT2D eigenvalue weighted by Crippen LogP contribution is -2.43. The number of hydrogen-bond acceptors (Lipinski definition) is 6. The van der Waals surface area contributed by atoms with Crippen LogP contribution in [0.15, 0.2) is 70.1 Å². The number of benzene rings is 2. The first kappa shape index (κ1) is 34.1. The van der Waals surface area contributed by atoms with E-state index in [9.17, 15) is 14.4 Å². The van der Waals surface area contributed by atoms with Gasteiger partial charge >= 0.3 is 0 Å². The van der Waals surface area contributed by atoms with Crippen LogP contribution in [0.25, 0.3) is 22.1 Å². The molecule has 3 amide bonds. The monoisotopic (exact) mass is 639 g/mol. The highest BCUT2D eigenvalue weighted by molar-refractivity contribution is 6.08. The second-order valence-corrected chi connectivity index (χ2v) is 13.2. The number of furan rings is 1.